The summed E-state index contributed by atoms with van der Waals surface area (Å²) >= 11 is 7.59. The van der Waals surface area contributed by atoms with Crippen molar-refractivity contribution in [3.63, 3.8) is 0 Å². The zero-order chi connectivity index (χ0) is 13.1. The molecule has 0 aliphatic heterocycles. The van der Waals surface area contributed by atoms with Crippen LogP contribution in [0.5, 0.6) is 0 Å². The van der Waals surface area contributed by atoms with Crippen LogP contribution in [-0.2, 0) is 0 Å². The normalized spacial score (nSPS) is 10.4. The highest BCUT2D eigenvalue weighted by Crippen LogP contribution is 2.31. The van der Waals surface area contributed by atoms with Crippen LogP contribution in [0.4, 0.5) is 11.5 Å². The maximum absolute atomic E-state index is 5.89. The number of hydrogen-bond acceptors (Lipinski definition) is 3. The van der Waals surface area contributed by atoms with E-state index >= 15 is 0 Å². The molecule has 0 fully saturated rings. The second kappa shape index (κ2) is 5.43. The number of benzene rings is 1. The van der Waals surface area contributed by atoms with Gasteiger partial charge in [0, 0.05) is 21.5 Å². The Morgan fingerprint density at radius 2 is 1.89 bits per heavy atom. The first-order valence-electron chi connectivity index (χ1n) is 5.84. The number of aromatic nitrogens is 1. The van der Waals surface area contributed by atoms with Gasteiger partial charge in [0.2, 0.25) is 0 Å². The molecule has 2 heterocycles. The van der Waals surface area contributed by atoms with Crippen molar-refractivity contribution in [2.24, 2.45) is 0 Å². The molecule has 4 heteroatoms. The van der Waals surface area contributed by atoms with E-state index in [4.69, 9.17) is 11.6 Å². The van der Waals surface area contributed by atoms with Crippen molar-refractivity contribution in [1.82, 2.24) is 4.98 Å². The first-order valence-corrected chi connectivity index (χ1v) is 7.09. The van der Waals surface area contributed by atoms with Gasteiger partial charge >= 0.3 is 0 Å². The fourth-order valence-electron chi connectivity index (χ4n) is 1.75. The van der Waals surface area contributed by atoms with Crippen molar-refractivity contribution in [2.45, 2.75) is 0 Å². The van der Waals surface area contributed by atoms with E-state index in [-0.39, 0.29) is 0 Å². The minimum Gasteiger partial charge on any atom is -0.340 e. The van der Waals surface area contributed by atoms with E-state index < -0.39 is 0 Å². The summed E-state index contributed by atoms with van der Waals surface area (Å²) in [6, 6.07) is 15.8. The minimum atomic E-state index is 0.757. The Morgan fingerprint density at radius 3 is 2.63 bits per heavy atom. The molecule has 0 aliphatic carbocycles. The maximum atomic E-state index is 5.89. The quantitative estimate of drug-likeness (QED) is 0.715. The molecule has 0 spiro atoms. The molecule has 0 saturated heterocycles. The molecule has 0 saturated carbocycles. The zero-order valence-corrected chi connectivity index (χ0v) is 11.6. The van der Waals surface area contributed by atoms with Crippen molar-refractivity contribution < 1.29 is 0 Å². The lowest BCUT2D eigenvalue weighted by atomic mass is 10.2. The average molecular weight is 287 g/mol. The van der Waals surface area contributed by atoms with Gasteiger partial charge in [-0.25, -0.2) is 4.98 Å². The molecular formula is C15H11ClN2S. The molecule has 0 amide bonds. The second-order valence-electron chi connectivity index (χ2n) is 4.05. The van der Waals surface area contributed by atoms with Gasteiger partial charge in [-0.1, -0.05) is 29.8 Å². The van der Waals surface area contributed by atoms with E-state index in [0.29, 0.717) is 0 Å². The molecule has 94 valence electrons. The summed E-state index contributed by atoms with van der Waals surface area (Å²) in [5, 5.41) is 6.12. The highest BCUT2D eigenvalue weighted by atomic mass is 35.5. The number of nitrogens with one attached hydrogen (secondary N) is 1. The van der Waals surface area contributed by atoms with E-state index in [9.17, 15) is 0 Å². The van der Waals surface area contributed by atoms with Gasteiger partial charge in [0.05, 0.1) is 5.69 Å². The number of halogens is 1. The van der Waals surface area contributed by atoms with Crippen LogP contribution >= 0.6 is 22.9 Å². The van der Waals surface area contributed by atoms with Crippen LogP contribution in [0.1, 0.15) is 0 Å². The monoisotopic (exact) mass is 286 g/mol. The molecule has 2 nitrogen and oxygen atoms in total. The Morgan fingerprint density at radius 1 is 1.05 bits per heavy atom. The first kappa shape index (κ1) is 12.2. The molecule has 0 aliphatic rings. The molecule has 3 rings (SSSR count). The van der Waals surface area contributed by atoms with Gasteiger partial charge in [-0.15, -0.1) is 11.3 Å². The van der Waals surface area contributed by atoms with Crippen LogP contribution in [-0.4, -0.2) is 4.98 Å². The summed E-state index contributed by atoms with van der Waals surface area (Å²) in [5.74, 6) is 0.850. The summed E-state index contributed by atoms with van der Waals surface area (Å²) in [6.45, 7) is 0. The van der Waals surface area contributed by atoms with E-state index in [2.05, 4.69) is 21.7 Å². The summed E-state index contributed by atoms with van der Waals surface area (Å²) < 4.78 is 0. The number of anilines is 2. The fraction of sp³-hybridized carbons (Fsp3) is 0. The topological polar surface area (TPSA) is 24.9 Å². The van der Waals surface area contributed by atoms with Crippen molar-refractivity contribution in [3.05, 3.63) is 65.1 Å². The van der Waals surface area contributed by atoms with Crippen LogP contribution in [0, 0.1) is 0 Å². The Balaban J connectivity index is 1.82. The minimum absolute atomic E-state index is 0.757. The van der Waals surface area contributed by atoms with Crippen molar-refractivity contribution in [2.75, 3.05) is 5.32 Å². The van der Waals surface area contributed by atoms with E-state index in [1.165, 1.54) is 10.4 Å². The standard InChI is InChI=1S/C15H11ClN2S/c16-12-6-4-11(5-7-12)14-9-13(10-19-14)18-15-3-1-2-8-17-15/h1-10H,(H,17,18). The van der Waals surface area contributed by atoms with Crippen molar-refractivity contribution in [3.8, 4) is 10.4 Å². The van der Waals surface area contributed by atoms with Crippen LogP contribution in [0.15, 0.2) is 60.1 Å². The summed E-state index contributed by atoms with van der Waals surface area (Å²) in [6.07, 6.45) is 1.77. The van der Waals surface area contributed by atoms with Gasteiger partial charge in [-0.3, -0.25) is 0 Å². The summed E-state index contributed by atoms with van der Waals surface area (Å²) in [7, 11) is 0. The van der Waals surface area contributed by atoms with Crippen LogP contribution < -0.4 is 5.32 Å². The molecule has 0 radical (unpaired) electrons. The van der Waals surface area contributed by atoms with Crippen LogP contribution in [0.3, 0.4) is 0 Å². The molecule has 0 atom stereocenters. The van der Waals surface area contributed by atoms with Crippen molar-refractivity contribution >= 4 is 34.4 Å². The van der Waals surface area contributed by atoms with Gasteiger partial charge in [-0.2, -0.15) is 0 Å². The zero-order valence-electron chi connectivity index (χ0n) is 10.0. The van der Waals surface area contributed by atoms with Gasteiger partial charge in [0.25, 0.3) is 0 Å². The number of pyridine rings is 1. The highest BCUT2D eigenvalue weighted by Gasteiger charge is 2.03. The van der Waals surface area contributed by atoms with E-state index in [0.717, 1.165) is 16.5 Å². The number of thiophene rings is 1. The van der Waals surface area contributed by atoms with Gasteiger partial charge < -0.3 is 5.32 Å². The lowest BCUT2D eigenvalue weighted by Crippen LogP contribution is -1.89. The molecule has 2 aromatic heterocycles. The molecular weight excluding hydrogens is 276 g/mol. The smallest absolute Gasteiger partial charge is 0.130 e. The molecule has 0 unspecified atom stereocenters. The van der Waals surface area contributed by atoms with Crippen LogP contribution in [0.25, 0.3) is 10.4 Å². The second-order valence-corrected chi connectivity index (χ2v) is 5.39. The Hall–Kier alpha value is -1.84. The maximum Gasteiger partial charge on any atom is 0.130 e. The van der Waals surface area contributed by atoms with Gasteiger partial charge in [-0.05, 0) is 35.9 Å². The van der Waals surface area contributed by atoms with E-state index in [1.54, 1.807) is 17.5 Å². The lowest BCUT2D eigenvalue weighted by Gasteiger charge is -2.01. The fourth-order valence-corrected chi connectivity index (χ4v) is 2.73. The van der Waals surface area contributed by atoms with Crippen molar-refractivity contribution in [1.29, 1.82) is 0 Å². The molecule has 0 bridgehead atoms. The Bertz CT molecular complexity index is 662. The Labute approximate surface area is 120 Å². The molecule has 19 heavy (non-hydrogen) atoms. The van der Waals surface area contributed by atoms with Gasteiger partial charge in [0.1, 0.15) is 5.82 Å². The third-order valence-electron chi connectivity index (χ3n) is 2.67. The third kappa shape index (κ3) is 2.95. The molecule has 3 aromatic rings. The molecule has 1 aromatic carbocycles. The van der Waals surface area contributed by atoms with Gasteiger partial charge in [0.15, 0.2) is 0 Å². The molecule has 1 N–H and O–H groups in total. The third-order valence-corrected chi connectivity index (χ3v) is 3.90. The summed E-state index contributed by atoms with van der Waals surface area (Å²) in [4.78, 5) is 5.45. The van der Waals surface area contributed by atoms with Crippen LogP contribution in [0.2, 0.25) is 5.02 Å². The number of nitrogens with zero attached hydrogens (tertiary/aromatic N) is 1. The SMILES string of the molecule is Clc1ccc(-c2cc(Nc3ccccn3)cs2)cc1. The lowest BCUT2D eigenvalue weighted by molar-refractivity contribution is 1.31. The summed E-state index contributed by atoms with van der Waals surface area (Å²) in [5.41, 5.74) is 2.22. The predicted octanol–water partition coefficient (Wildman–Crippen LogP) is 5.21. The average Bonchev–Trinajstić information content (AvgIpc) is 2.89. The first-order chi connectivity index (χ1) is 9.31. The predicted molar refractivity (Wildman–Crippen MR) is 82.3 cm³/mol. The largest absolute Gasteiger partial charge is 0.340 e. The Kier molecular flexibility index (Phi) is 3.49. The highest BCUT2D eigenvalue weighted by molar-refractivity contribution is 7.14. The number of rotatable bonds is 3. The number of hydrogen-bond donors (Lipinski definition) is 1. The van der Waals surface area contributed by atoms with E-state index in [1.807, 2.05) is 42.5 Å².